The van der Waals surface area contributed by atoms with E-state index in [0.29, 0.717) is 49.4 Å². The third-order valence-electron chi connectivity index (χ3n) is 6.42. The molecule has 1 unspecified atom stereocenters. The lowest BCUT2D eigenvalue weighted by molar-refractivity contribution is -0.139. The first-order valence-corrected chi connectivity index (χ1v) is 13.4. The number of esters is 1. The van der Waals surface area contributed by atoms with E-state index in [0.717, 1.165) is 0 Å². The van der Waals surface area contributed by atoms with Crippen LogP contribution in [-0.2, 0) is 22.5 Å². The summed E-state index contributed by atoms with van der Waals surface area (Å²) in [5.41, 5.74) is 2.86. The van der Waals surface area contributed by atoms with Crippen LogP contribution in [0.4, 0.5) is 0 Å². The number of carboxylic acids is 1. The summed E-state index contributed by atoms with van der Waals surface area (Å²) < 4.78 is 16.8. The van der Waals surface area contributed by atoms with Gasteiger partial charge in [-0.2, -0.15) is 0 Å². The van der Waals surface area contributed by atoms with Gasteiger partial charge in [0.2, 0.25) is 0 Å². The van der Waals surface area contributed by atoms with Gasteiger partial charge in [0.05, 0.1) is 29.8 Å². The average molecular weight is 595 g/mol. The zero-order valence-corrected chi connectivity index (χ0v) is 23.9. The first kappa shape index (κ1) is 29.9. The molecule has 41 heavy (non-hydrogen) atoms. The Labute approximate surface area is 247 Å². The Hall–Kier alpha value is -4.11. The average Bonchev–Trinajstić information content (AvgIpc) is 2.98. The monoisotopic (exact) mass is 594 g/mol. The fraction of sp³-hybridized carbons (Fsp3) is 0.194. The number of ether oxygens (including phenoxy) is 3. The van der Waals surface area contributed by atoms with Gasteiger partial charge in [0, 0.05) is 25.4 Å². The maximum absolute atomic E-state index is 13.4. The van der Waals surface area contributed by atoms with E-state index in [1.54, 1.807) is 66.7 Å². The molecule has 4 rings (SSSR count). The highest BCUT2D eigenvalue weighted by Crippen LogP contribution is 2.35. The standard InChI is InChI=1S/C31H28Cl2N2O6/c1-39-26-12-11-21(14-28(26)40-2)27(15-23-24(32)17-34-18-25(23)33)41-31(38)22-10-6-7-19(13-22)16-35-29(30(36)37)20-8-4-3-5-9-20/h3-14,17-18,27,29,35H,15-16H2,1-2H3,(H,36,37)/t27-,29?/m0/s1. The number of carbonyl (C=O) groups excluding carboxylic acids is 1. The van der Waals surface area contributed by atoms with Crippen LogP contribution in [-0.4, -0.2) is 36.2 Å². The Balaban J connectivity index is 1.57. The molecule has 0 radical (unpaired) electrons. The minimum Gasteiger partial charge on any atom is -0.493 e. The van der Waals surface area contributed by atoms with Crippen LogP contribution in [0.1, 0.15) is 44.8 Å². The zero-order valence-electron chi connectivity index (χ0n) is 22.3. The van der Waals surface area contributed by atoms with E-state index in [-0.39, 0.29) is 13.0 Å². The second-order valence-electron chi connectivity index (χ2n) is 9.06. The molecular formula is C31H28Cl2N2O6. The predicted octanol–water partition coefficient (Wildman–Crippen LogP) is 6.46. The fourth-order valence-corrected chi connectivity index (χ4v) is 4.84. The van der Waals surface area contributed by atoms with E-state index in [1.165, 1.54) is 26.6 Å². The lowest BCUT2D eigenvalue weighted by Crippen LogP contribution is -2.28. The van der Waals surface area contributed by atoms with Crippen LogP contribution in [0, 0.1) is 0 Å². The van der Waals surface area contributed by atoms with Crippen molar-refractivity contribution in [3.63, 3.8) is 0 Å². The highest BCUT2D eigenvalue weighted by Gasteiger charge is 2.24. The number of hydrogen-bond acceptors (Lipinski definition) is 7. The molecule has 0 saturated heterocycles. The third-order valence-corrected chi connectivity index (χ3v) is 7.07. The molecule has 0 aliphatic carbocycles. The van der Waals surface area contributed by atoms with E-state index in [4.69, 9.17) is 37.4 Å². The second kappa shape index (κ2) is 14.0. The highest BCUT2D eigenvalue weighted by atomic mass is 35.5. The minimum absolute atomic E-state index is 0.181. The van der Waals surface area contributed by atoms with Gasteiger partial charge in [0.1, 0.15) is 12.1 Å². The van der Waals surface area contributed by atoms with Crippen LogP contribution >= 0.6 is 23.2 Å². The quantitative estimate of drug-likeness (QED) is 0.180. The summed E-state index contributed by atoms with van der Waals surface area (Å²) >= 11 is 12.8. The highest BCUT2D eigenvalue weighted by molar-refractivity contribution is 6.35. The fourth-order valence-electron chi connectivity index (χ4n) is 4.32. The first-order valence-electron chi connectivity index (χ1n) is 12.6. The van der Waals surface area contributed by atoms with Crippen LogP contribution < -0.4 is 14.8 Å². The van der Waals surface area contributed by atoms with Crippen LogP contribution in [0.5, 0.6) is 11.5 Å². The van der Waals surface area contributed by atoms with Gasteiger partial charge in [0.15, 0.2) is 11.5 Å². The minimum atomic E-state index is -1.00. The van der Waals surface area contributed by atoms with Gasteiger partial charge in [-0.3, -0.25) is 15.1 Å². The number of benzene rings is 3. The molecule has 0 spiro atoms. The summed E-state index contributed by atoms with van der Waals surface area (Å²) in [5.74, 6) is -0.585. The van der Waals surface area contributed by atoms with Crippen molar-refractivity contribution in [2.24, 2.45) is 0 Å². The number of hydrogen-bond donors (Lipinski definition) is 2. The molecule has 212 valence electrons. The second-order valence-corrected chi connectivity index (χ2v) is 9.87. The van der Waals surface area contributed by atoms with Crippen molar-refractivity contribution in [2.45, 2.75) is 25.1 Å². The number of nitrogens with one attached hydrogen (secondary N) is 1. The van der Waals surface area contributed by atoms with Crippen molar-refractivity contribution in [2.75, 3.05) is 14.2 Å². The lowest BCUT2D eigenvalue weighted by atomic mass is 10.0. The van der Waals surface area contributed by atoms with Gasteiger partial charge < -0.3 is 19.3 Å². The molecule has 2 N–H and O–H groups in total. The molecule has 0 aliphatic rings. The smallest absolute Gasteiger partial charge is 0.338 e. The van der Waals surface area contributed by atoms with Gasteiger partial charge in [-0.05, 0) is 46.5 Å². The van der Waals surface area contributed by atoms with E-state index in [2.05, 4.69) is 10.3 Å². The molecule has 8 nitrogen and oxygen atoms in total. The van der Waals surface area contributed by atoms with Crippen LogP contribution in [0.15, 0.2) is 85.2 Å². The van der Waals surface area contributed by atoms with E-state index >= 15 is 0 Å². The topological polar surface area (TPSA) is 107 Å². The summed E-state index contributed by atoms with van der Waals surface area (Å²) in [6.07, 6.45) is 2.36. The summed E-state index contributed by atoms with van der Waals surface area (Å²) in [6, 6.07) is 20.0. The van der Waals surface area contributed by atoms with Gasteiger partial charge in [-0.15, -0.1) is 0 Å². The van der Waals surface area contributed by atoms with E-state index in [9.17, 15) is 14.7 Å². The van der Waals surface area contributed by atoms with Crippen LogP contribution in [0.2, 0.25) is 10.0 Å². The molecule has 2 atom stereocenters. The lowest BCUT2D eigenvalue weighted by Gasteiger charge is -2.21. The molecule has 0 fully saturated rings. The van der Waals surface area contributed by atoms with E-state index in [1.807, 2.05) is 6.07 Å². The Kier molecular flexibility index (Phi) is 10.2. The number of nitrogens with zero attached hydrogens (tertiary/aromatic N) is 1. The Morgan fingerprint density at radius 3 is 2.24 bits per heavy atom. The number of carboxylic acid groups (broad SMARTS) is 1. The van der Waals surface area contributed by atoms with Crippen LogP contribution in [0.25, 0.3) is 0 Å². The normalized spacial score (nSPS) is 12.3. The van der Waals surface area contributed by atoms with Crippen molar-refractivity contribution in [1.82, 2.24) is 10.3 Å². The summed E-state index contributed by atoms with van der Waals surface area (Å²) in [4.78, 5) is 29.3. The first-order chi connectivity index (χ1) is 19.8. The number of methoxy groups -OCH3 is 2. The number of halogens is 2. The number of aromatic nitrogens is 1. The SMILES string of the molecule is COc1ccc([C@H](Cc2c(Cl)cncc2Cl)OC(=O)c2cccc(CNC(C(=O)O)c3ccccc3)c2)cc1OC. The number of carbonyl (C=O) groups is 2. The number of aliphatic carboxylic acids is 1. The van der Waals surface area contributed by atoms with Crippen molar-refractivity contribution in [3.8, 4) is 11.5 Å². The van der Waals surface area contributed by atoms with Crippen molar-refractivity contribution < 1.29 is 28.9 Å². The molecular weight excluding hydrogens is 567 g/mol. The third kappa shape index (κ3) is 7.55. The molecule has 1 heterocycles. The zero-order chi connectivity index (χ0) is 29.4. The Morgan fingerprint density at radius 2 is 1.59 bits per heavy atom. The van der Waals surface area contributed by atoms with Gasteiger partial charge >= 0.3 is 11.9 Å². The molecule has 4 aromatic rings. The van der Waals surface area contributed by atoms with Crippen molar-refractivity contribution in [1.29, 1.82) is 0 Å². The summed E-state index contributed by atoms with van der Waals surface area (Å²) in [7, 11) is 3.05. The molecule has 0 saturated carbocycles. The van der Waals surface area contributed by atoms with Crippen LogP contribution in [0.3, 0.4) is 0 Å². The number of rotatable bonds is 12. The molecule has 0 bridgehead atoms. The Bertz CT molecular complexity index is 1500. The largest absolute Gasteiger partial charge is 0.493 e. The van der Waals surface area contributed by atoms with Gasteiger partial charge in [0.25, 0.3) is 0 Å². The Morgan fingerprint density at radius 1 is 0.878 bits per heavy atom. The molecule has 0 aliphatic heterocycles. The molecule has 3 aromatic carbocycles. The van der Waals surface area contributed by atoms with Crippen molar-refractivity contribution in [3.05, 3.63) is 123 Å². The summed E-state index contributed by atoms with van der Waals surface area (Å²) in [5, 5.41) is 13.4. The summed E-state index contributed by atoms with van der Waals surface area (Å²) in [6.45, 7) is 0.217. The molecule has 10 heteroatoms. The van der Waals surface area contributed by atoms with Gasteiger partial charge in [-0.1, -0.05) is 71.7 Å². The van der Waals surface area contributed by atoms with Gasteiger partial charge in [-0.25, -0.2) is 4.79 Å². The predicted molar refractivity (Wildman–Crippen MR) is 156 cm³/mol. The number of pyridine rings is 1. The molecule has 1 aromatic heterocycles. The van der Waals surface area contributed by atoms with E-state index < -0.39 is 24.1 Å². The van der Waals surface area contributed by atoms with Crippen molar-refractivity contribution >= 4 is 35.1 Å². The maximum Gasteiger partial charge on any atom is 0.338 e. The maximum atomic E-state index is 13.4. The molecule has 0 amide bonds.